The third-order valence-corrected chi connectivity index (χ3v) is 2.29. The lowest BCUT2D eigenvalue weighted by Gasteiger charge is -2.10. The second-order valence-electron chi connectivity index (χ2n) is 3.99. The minimum absolute atomic E-state index is 0.0824. The molecule has 0 bridgehead atoms. The third-order valence-electron chi connectivity index (χ3n) is 2.29. The molecule has 18 heavy (non-hydrogen) atoms. The predicted octanol–water partition coefficient (Wildman–Crippen LogP) is 0.287. The SMILES string of the molecule is C[C@H](CO)NC(=O)CCCNC(=O)c1ccco1. The maximum absolute atomic E-state index is 11.4. The first kappa shape index (κ1) is 14.2. The molecule has 1 aromatic heterocycles. The molecule has 3 N–H and O–H groups in total. The van der Waals surface area contributed by atoms with Crippen molar-refractivity contribution in [3.8, 4) is 0 Å². The Morgan fingerprint density at radius 2 is 2.28 bits per heavy atom. The second-order valence-corrected chi connectivity index (χ2v) is 3.99. The van der Waals surface area contributed by atoms with Crippen LogP contribution in [0.25, 0.3) is 0 Å². The Morgan fingerprint density at radius 1 is 1.50 bits per heavy atom. The molecule has 0 aliphatic rings. The Morgan fingerprint density at radius 3 is 2.89 bits per heavy atom. The number of furan rings is 1. The first-order valence-corrected chi connectivity index (χ1v) is 5.85. The van der Waals surface area contributed by atoms with Crippen molar-refractivity contribution in [1.29, 1.82) is 0 Å². The van der Waals surface area contributed by atoms with Gasteiger partial charge in [-0.3, -0.25) is 9.59 Å². The number of hydrogen-bond acceptors (Lipinski definition) is 4. The van der Waals surface area contributed by atoms with Crippen LogP contribution in [0.2, 0.25) is 0 Å². The molecule has 1 heterocycles. The summed E-state index contributed by atoms with van der Waals surface area (Å²) >= 11 is 0. The first-order chi connectivity index (χ1) is 8.63. The summed E-state index contributed by atoms with van der Waals surface area (Å²) in [6.45, 7) is 2.04. The Hall–Kier alpha value is -1.82. The van der Waals surface area contributed by atoms with Gasteiger partial charge in [0.05, 0.1) is 12.9 Å². The fourth-order valence-electron chi connectivity index (χ4n) is 1.34. The molecule has 0 radical (unpaired) electrons. The van der Waals surface area contributed by atoms with Crippen LogP contribution < -0.4 is 10.6 Å². The smallest absolute Gasteiger partial charge is 0.286 e. The average Bonchev–Trinajstić information content (AvgIpc) is 2.88. The molecule has 1 rings (SSSR count). The van der Waals surface area contributed by atoms with Crippen LogP contribution in [0.15, 0.2) is 22.8 Å². The van der Waals surface area contributed by atoms with Gasteiger partial charge in [0.15, 0.2) is 5.76 Å². The van der Waals surface area contributed by atoms with E-state index in [4.69, 9.17) is 9.52 Å². The van der Waals surface area contributed by atoms with Crippen LogP contribution in [0, 0.1) is 0 Å². The van der Waals surface area contributed by atoms with Crippen LogP contribution in [-0.2, 0) is 4.79 Å². The Balaban J connectivity index is 2.12. The highest BCUT2D eigenvalue weighted by molar-refractivity contribution is 5.91. The quantitative estimate of drug-likeness (QED) is 0.610. The standard InChI is InChI=1S/C12H18N2O4/c1-9(8-15)14-11(16)5-2-6-13-12(17)10-4-3-7-18-10/h3-4,7,9,15H,2,5-6,8H2,1H3,(H,13,17)(H,14,16)/t9-/m1/s1. The number of nitrogens with one attached hydrogen (secondary N) is 2. The van der Waals surface area contributed by atoms with E-state index in [0.29, 0.717) is 19.4 Å². The van der Waals surface area contributed by atoms with Crippen LogP contribution in [-0.4, -0.2) is 36.1 Å². The van der Waals surface area contributed by atoms with Crippen molar-refractivity contribution in [3.05, 3.63) is 24.2 Å². The van der Waals surface area contributed by atoms with Crippen LogP contribution >= 0.6 is 0 Å². The maximum atomic E-state index is 11.4. The van der Waals surface area contributed by atoms with E-state index in [2.05, 4.69) is 10.6 Å². The Bertz CT molecular complexity index is 375. The molecular weight excluding hydrogens is 236 g/mol. The molecule has 0 saturated carbocycles. The molecule has 100 valence electrons. The van der Waals surface area contributed by atoms with Crippen LogP contribution in [0.5, 0.6) is 0 Å². The topological polar surface area (TPSA) is 91.6 Å². The molecule has 0 aliphatic carbocycles. The molecular formula is C12H18N2O4. The van der Waals surface area contributed by atoms with Crippen molar-refractivity contribution < 1.29 is 19.1 Å². The fourth-order valence-corrected chi connectivity index (χ4v) is 1.34. The molecule has 1 aromatic rings. The zero-order valence-corrected chi connectivity index (χ0v) is 10.3. The molecule has 0 fully saturated rings. The van der Waals surface area contributed by atoms with E-state index in [1.807, 2.05) is 0 Å². The Labute approximate surface area is 105 Å². The lowest BCUT2D eigenvalue weighted by Crippen LogP contribution is -2.35. The number of amides is 2. The third kappa shape index (κ3) is 5.01. The van der Waals surface area contributed by atoms with Crippen molar-refractivity contribution in [3.63, 3.8) is 0 Å². The van der Waals surface area contributed by atoms with Gasteiger partial charge in [-0.1, -0.05) is 0 Å². The summed E-state index contributed by atoms with van der Waals surface area (Å²) in [5.74, 6) is -0.165. The molecule has 0 spiro atoms. The summed E-state index contributed by atoms with van der Waals surface area (Å²) in [4.78, 5) is 22.8. The Kier molecular flexibility index (Phi) is 5.93. The van der Waals surface area contributed by atoms with Gasteiger partial charge in [-0.15, -0.1) is 0 Å². The molecule has 0 unspecified atom stereocenters. The van der Waals surface area contributed by atoms with Gasteiger partial charge >= 0.3 is 0 Å². The molecule has 6 heteroatoms. The van der Waals surface area contributed by atoms with Gasteiger partial charge in [0.2, 0.25) is 5.91 Å². The van der Waals surface area contributed by atoms with Gasteiger partial charge < -0.3 is 20.2 Å². The van der Waals surface area contributed by atoms with Crippen LogP contribution in [0.1, 0.15) is 30.3 Å². The minimum Gasteiger partial charge on any atom is -0.459 e. The van der Waals surface area contributed by atoms with E-state index in [1.54, 1.807) is 19.1 Å². The van der Waals surface area contributed by atoms with Gasteiger partial charge in [0, 0.05) is 19.0 Å². The van der Waals surface area contributed by atoms with Gasteiger partial charge in [-0.25, -0.2) is 0 Å². The van der Waals surface area contributed by atoms with Crippen molar-refractivity contribution in [2.45, 2.75) is 25.8 Å². The molecule has 1 atom stereocenters. The van der Waals surface area contributed by atoms with Crippen molar-refractivity contribution in [2.75, 3.05) is 13.2 Å². The minimum atomic E-state index is -0.288. The van der Waals surface area contributed by atoms with Gasteiger partial charge in [-0.05, 0) is 25.5 Å². The summed E-state index contributed by atoms with van der Waals surface area (Å²) in [5, 5.41) is 14.0. The lowest BCUT2D eigenvalue weighted by atomic mass is 10.2. The zero-order valence-electron chi connectivity index (χ0n) is 10.3. The highest BCUT2D eigenvalue weighted by Crippen LogP contribution is 1.99. The largest absolute Gasteiger partial charge is 0.459 e. The number of aliphatic hydroxyl groups is 1. The summed E-state index contributed by atoms with van der Waals surface area (Å²) in [5.41, 5.74) is 0. The first-order valence-electron chi connectivity index (χ1n) is 5.85. The average molecular weight is 254 g/mol. The molecule has 0 aliphatic heterocycles. The fraction of sp³-hybridized carbons (Fsp3) is 0.500. The normalized spacial score (nSPS) is 11.9. The van der Waals surface area contributed by atoms with E-state index in [9.17, 15) is 9.59 Å². The summed E-state index contributed by atoms with van der Waals surface area (Å²) in [6, 6.07) is 2.97. The summed E-state index contributed by atoms with van der Waals surface area (Å²) < 4.78 is 4.92. The molecule has 2 amide bonds. The van der Waals surface area contributed by atoms with E-state index in [1.165, 1.54) is 6.26 Å². The van der Waals surface area contributed by atoms with Crippen LogP contribution in [0.3, 0.4) is 0 Å². The second kappa shape index (κ2) is 7.50. The summed E-state index contributed by atoms with van der Waals surface area (Å²) in [7, 11) is 0. The predicted molar refractivity (Wildman–Crippen MR) is 65.0 cm³/mol. The highest BCUT2D eigenvalue weighted by atomic mass is 16.3. The van der Waals surface area contributed by atoms with E-state index in [0.717, 1.165) is 0 Å². The van der Waals surface area contributed by atoms with Crippen LogP contribution in [0.4, 0.5) is 0 Å². The maximum Gasteiger partial charge on any atom is 0.286 e. The number of carbonyl (C=O) groups is 2. The molecule has 0 aromatic carbocycles. The number of rotatable bonds is 7. The zero-order chi connectivity index (χ0) is 13.4. The highest BCUT2D eigenvalue weighted by Gasteiger charge is 2.08. The number of carbonyl (C=O) groups excluding carboxylic acids is 2. The van der Waals surface area contributed by atoms with Crippen molar-refractivity contribution in [2.24, 2.45) is 0 Å². The van der Waals surface area contributed by atoms with Gasteiger partial charge in [0.25, 0.3) is 5.91 Å². The lowest BCUT2D eigenvalue weighted by molar-refractivity contribution is -0.122. The number of aliphatic hydroxyl groups excluding tert-OH is 1. The van der Waals surface area contributed by atoms with E-state index >= 15 is 0 Å². The monoisotopic (exact) mass is 254 g/mol. The van der Waals surface area contributed by atoms with Gasteiger partial charge in [-0.2, -0.15) is 0 Å². The molecule has 6 nitrogen and oxygen atoms in total. The number of hydrogen-bond donors (Lipinski definition) is 3. The summed E-state index contributed by atoms with van der Waals surface area (Å²) in [6.07, 6.45) is 2.28. The van der Waals surface area contributed by atoms with Gasteiger partial charge in [0.1, 0.15) is 0 Å². The van der Waals surface area contributed by atoms with Crippen molar-refractivity contribution in [1.82, 2.24) is 10.6 Å². The van der Waals surface area contributed by atoms with Crippen molar-refractivity contribution >= 4 is 11.8 Å². The van der Waals surface area contributed by atoms with E-state index in [-0.39, 0.29) is 30.2 Å². The van der Waals surface area contributed by atoms with E-state index < -0.39 is 0 Å². The molecule has 0 saturated heterocycles.